The van der Waals surface area contributed by atoms with Gasteiger partial charge in [-0.05, 0) is 49.3 Å². The van der Waals surface area contributed by atoms with Crippen LogP contribution in [0.25, 0.3) is 0 Å². The zero-order chi connectivity index (χ0) is 14.9. The number of hydrogen-bond acceptors (Lipinski definition) is 3. The summed E-state index contributed by atoms with van der Waals surface area (Å²) in [7, 11) is 0. The highest BCUT2D eigenvalue weighted by molar-refractivity contribution is 5.54. The molecule has 0 saturated heterocycles. The molecule has 22 heavy (non-hydrogen) atoms. The Balaban J connectivity index is 1.60. The van der Waals surface area contributed by atoms with E-state index in [0.717, 1.165) is 24.2 Å². The van der Waals surface area contributed by atoms with Crippen molar-refractivity contribution in [2.45, 2.75) is 63.8 Å². The molecule has 0 spiro atoms. The molecule has 0 radical (unpaired) electrons. The first kappa shape index (κ1) is 13.9. The minimum absolute atomic E-state index is 0.389. The predicted molar refractivity (Wildman–Crippen MR) is 88.3 cm³/mol. The number of nitrogens with zero attached hydrogens (tertiary/aromatic N) is 1. The molecule has 1 aromatic carbocycles. The van der Waals surface area contributed by atoms with Crippen molar-refractivity contribution in [3.05, 3.63) is 46.8 Å². The fourth-order valence-corrected chi connectivity index (χ4v) is 4.19. The molecule has 0 amide bonds. The minimum atomic E-state index is 0.389. The van der Waals surface area contributed by atoms with Crippen molar-refractivity contribution in [1.29, 1.82) is 0 Å². The Morgan fingerprint density at radius 2 is 2.00 bits per heavy atom. The molecule has 2 aromatic rings. The molecule has 0 aliphatic heterocycles. The van der Waals surface area contributed by atoms with E-state index in [2.05, 4.69) is 35.6 Å². The van der Waals surface area contributed by atoms with Crippen molar-refractivity contribution in [2.24, 2.45) is 0 Å². The van der Waals surface area contributed by atoms with Crippen LogP contribution in [0.2, 0.25) is 0 Å². The predicted octanol–water partition coefficient (Wildman–Crippen LogP) is 4.81. The van der Waals surface area contributed by atoms with Crippen LogP contribution in [0.5, 0.6) is 0 Å². The van der Waals surface area contributed by atoms with E-state index >= 15 is 0 Å². The maximum Gasteiger partial charge on any atom is 0.147 e. The summed E-state index contributed by atoms with van der Waals surface area (Å²) >= 11 is 0. The number of nitrogens with one attached hydrogen (secondary N) is 1. The lowest BCUT2D eigenvalue weighted by Crippen LogP contribution is -2.22. The van der Waals surface area contributed by atoms with Crippen LogP contribution < -0.4 is 5.32 Å². The highest BCUT2D eigenvalue weighted by atomic mass is 16.5. The molecule has 4 rings (SSSR count). The second-order valence-electron chi connectivity index (χ2n) is 6.83. The largest absolute Gasteiger partial charge is 0.378 e. The SMILES string of the molecule is Cc1cccc2c1CCC2c1nocc1NC1CCCCC1. The van der Waals surface area contributed by atoms with E-state index in [1.165, 1.54) is 48.8 Å². The third-order valence-electron chi connectivity index (χ3n) is 5.40. The second kappa shape index (κ2) is 5.79. The molecule has 116 valence electrons. The average molecular weight is 296 g/mol. The molecule has 1 heterocycles. The van der Waals surface area contributed by atoms with Crippen molar-refractivity contribution < 1.29 is 4.52 Å². The van der Waals surface area contributed by atoms with Gasteiger partial charge in [0, 0.05) is 12.0 Å². The van der Waals surface area contributed by atoms with Crippen molar-refractivity contribution in [3.63, 3.8) is 0 Å². The highest BCUT2D eigenvalue weighted by Gasteiger charge is 2.30. The van der Waals surface area contributed by atoms with Crippen molar-refractivity contribution in [2.75, 3.05) is 5.32 Å². The van der Waals surface area contributed by atoms with Gasteiger partial charge in [0.1, 0.15) is 12.0 Å². The molecule has 2 aliphatic rings. The van der Waals surface area contributed by atoms with Gasteiger partial charge in [-0.3, -0.25) is 0 Å². The highest BCUT2D eigenvalue weighted by Crippen LogP contribution is 2.41. The van der Waals surface area contributed by atoms with Gasteiger partial charge in [0.2, 0.25) is 0 Å². The Bertz CT molecular complexity index is 655. The normalized spacial score (nSPS) is 21.8. The van der Waals surface area contributed by atoms with Crippen LogP contribution in [0.1, 0.15) is 66.8 Å². The number of aryl methyl sites for hydroxylation is 1. The molecular formula is C19H24N2O. The van der Waals surface area contributed by atoms with Crippen LogP contribution in [0.3, 0.4) is 0 Å². The number of rotatable bonds is 3. The van der Waals surface area contributed by atoms with E-state index in [-0.39, 0.29) is 0 Å². The molecule has 1 N–H and O–H groups in total. The summed E-state index contributed by atoms with van der Waals surface area (Å²) in [6.07, 6.45) is 10.7. The van der Waals surface area contributed by atoms with E-state index in [9.17, 15) is 0 Å². The van der Waals surface area contributed by atoms with E-state index in [4.69, 9.17) is 4.52 Å². The smallest absolute Gasteiger partial charge is 0.147 e. The lowest BCUT2D eigenvalue weighted by atomic mass is 9.93. The fraction of sp³-hybridized carbons (Fsp3) is 0.526. The standard InChI is InChI=1S/C19H24N2O/c1-13-6-5-9-16-15(13)10-11-17(16)19-18(12-22-21-19)20-14-7-3-2-4-8-14/h5-6,9,12,14,17,20H,2-4,7-8,10-11H2,1H3. The number of fused-ring (bicyclic) bond motifs is 1. The molecular weight excluding hydrogens is 272 g/mol. The van der Waals surface area contributed by atoms with Crippen LogP contribution in [0.15, 0.2) is 29.0 Å². The monoisotopic (exact) mass is 296 g/mol. The van der Waals surface area contributed by atoms with Gasteiger partial charge in [-0.15, -0.1) is 0 Å². The zero-order valence-electron chi connectivity index (χ0n) is 13.3. The van der Waals surface area contributed by atoms with Crippen LogP contribution in [0, 0.1) is 6.92 Å². The average Bonchev–Trinajstić information content (AvgIpc) is 3.15. The molecule has 3 heteroatoms. The summed E-state index contributed by atoms with van der Waals surface area (Å²) in [6.45, 7) is 2.21. The van der Waals surface area contributed by atoms with Gasteiger partial charge in [0.15, 0.2) is 0 Å². The summed E-state index contributed by atoms with van der Waals surface area (Å²) in [5, 5.41) is 8.05. The number of benzene rings is 1. The van der Waals surface area contributed by atoms with Gasteiger partial charge in [0.25, 0.3) is 0 Å². The Kier molecular flexibility index (Phi) is 3.65. The molecule has 0 bridgehead atoms. The van der Waals surface area contributed by atoms with Gasteiger partial charge >= 0.3 is 0 Å². The van der Waals surface area contributed by atoms with Crippen molar-refractivity contribution in [3.8, 4) is 0 Å². The third-order valence-corrected chi connectivity index (χ3v) is 5.40. The molecule has 1 fully saturated rings. The Labute approximate surface area is 132 Å². The molecule has 1 atom stereocenters. The lowest BCUT2D eigenvalue weighted by Gasteiger charge is -2.24. The molecule has 2 aliphatic carbocycles. The van der Waals surface area contributed by atoms with E-state index < -0.39 is 0 Å². The van der Waals surface area contributed by atoms with Gasteiger partial charge < -0.3 is 9.84 Å². The molecule has 1 aromatic heterocycles. The molecule has 1 unspecified atom stereocenters. The minimum Gasteiger partial charge on any atom is -0.378 e. The Morgan fingerprint density at radius 3 is 2.86 bits per heavy atom. The van der Waals surface area contributed by atoms with Gasteiger partial charge in [0.05, 0.1) is 5.69 Å². The topological polar surface area (TPSA) is 38.1 Å². The maximum absolute atomic E-state index is 5.33. The van der Waals surface area contributed by atoms with Crippen LogP contribution >= 0.6 is 0 Å². The van der Waals surface area contributed by atoms with Crippen LogP contribution in [0.4, 0.5) is 5.69 Å². The summed E-state index contributed by atoms with van der Waals surface area (Å²) in [4.78, 5) is 0. The van der Waals surface area contributed by atoms with Crippen LogP contribution in [-0.4, -0.2) is 11.2 Å². The van der Waals surface area contributed by atoms with Crippen molar-refractivity contribution in [1.82, 2.24) is 5.16 Å². The van der Waals surface area contributed by atoms with Crippen LogP contribution in [-0.2, 0) is 6.42 Å². The van der Waals surface area contributed by atoms with Crippen molar-refractivity contribution >= 4 is 5.69 Å². The van der Waals surface area contributed by atoms with Gasteiger partial charge in [-0.1, -0.05) is 42.6 Å². The van der Waals surface area contributed by atoms with Gasteiger partial charge in [-0.2, -0.15) is 0 Å². The lowest BCUT2D eigenvalue weighted by molar-refractivity contribution is 0.408. The van der Waals surface area contributed by atoms with E-state index in [1.807, 2.05) is 0 Å². The number of hydrogen-bond donors (Lipinski definition) is 1. The third kappa shape index (κ3) is 2.43. The first-order chi connectivity index (χ1) is 10.8. The maximum atomic E-state index is 5.33. The molecule has 3 nitrogen and oxygen atoms in total. The second-order valence-corrected chi connectivity index (χ2v) is 6.83. The first-order valence-corrected chi connectivity index (χ1v) is 8.62. The van der Waals surface area contributed by atoms with E-state index in [0.29, 0.717) is 12.0 Å². The summed E-state index contributed by atoms with van der Waals surface area (Å²) in [5.74, 6) is 0.389. The fourth-order valence-electron chi connectivity index (χ4n) is 4.19. The Morgan fingerprint density at radius 1 is 1.14 bits per heavy atom. The first-order valence-electron chi connectivity index (χ1n) is 8.62. The Hall–Kier alpha value is -1.77. The summed E-state index contributed by atoms with van der Waals surface area (Å²) in [6, 6.07) is 7.23. The summed E-state index contributed by atoms with van der Waals surface area (Å²) < 4.78 is 5.33. The molecule has 1 saturated carbocycles. The summed E-state index contributed by atoms with van der Waals surface area (Å²) in [5.41, 5.74) is 6.59. The zero-order valence-corrected chi connectivity index (χ0v) is 13.3. The van der Waals surface area contributed by atoms with Gasteiger partial charge in [-0.25, -0.2) is 0 Å². The van der Waals surface area contributed by atoms with E-state index in [1.54, 1.807) is 6.26 Å². The number of anilines is 1. The quantitative estimate of drug-likeness (QED) is 0.883. The number of aromatic nitrogens is 1.